The van der Waals surface area contributed by atoms with Gasteiger partial charge in [0.1, 0.15) is 6.29 Å². The fourth-order valence-electron chi connectivity index (χ4n) is 0.962. The van der Waals surface area contributed by atoms with Gasteiger partial charge in [-0.2, -0.15) is 0 Å². The average molecular weight is 277 g/mol. The van der Waals surface area contributed by atoms with Gasteiger partial charge in [0, 0.05) is 9.82 Å². The highest BCUT2D eigenvalue weighted by Gasteiger charge is 2.22. The monoisotopic (exact) mass is 277 g/mol. The third kappa shape index (κ3) is 8.25. The predicted octanol–water partition coefficient (Wildman–Crippen LogP) is 0.0974. The van der Waals surface area contributed by atoms with Gasteiger partial charge in [-0.15, -0.1) is 0 Å². The second-order valence-corrected chi connectivity index (χ2v) is 4.57. The summed E-state index contributed by atoms with van der Waals surface area (Å²) < 4.78 is 10.7. The molecule has 2 N–H and O–H groups in total. The van der Waals surface area contributed by atoms with E-state index in [0.29, 0.717) is 0 Å². The first-order valence-electron chi connectivity index (χ1n) is 4.21. The van der Waals surface area contributed by atoms with Crippen molar-refractivity contribution in [3.8, 4) is 0 Å². The van der Waals surface area contributed by atoms with E-state index in [4.69, 9.17) is 20.8 Å². The zero-order chi connectivity index (χ0) is 14.2. The summed E-state index contributed by atoms with van der Waals surface area (Å²) in [4.78, 5) is 44.4. The highest BCUT2D eigenvalue weighted by molar-refractivity contribution is 7.51. The molecule has 12 nitrogen and oxygen atoms in total. The fourth-order valence-corrected chi connectivity index (χ4v) is 1.68. The maximum atomic E-state index is 10.9. The molecule has 0 saturated carbocycles. The number of carbonyl (C=O) groups is 2. The molecule has 0 heterocycles. The van der Waals surface area contributed by atoms with Crippen molar-refractivity contribution in [3.05, 3.63) is 20.9 Å². The molecule has 18 heavy (non-hydrogen) atoms. The number of azide groups is 2. The van der Waals surface area contributed by atoms with Gasteiger partial charge < -0.3 is 9.79 Å². The van der Waals surface area contributed by atoms with E-state index in [2.05, 4.69) is 20.1 Å². The van der Waals surface area contributed by atoms with Crippen molar-refractivity contribution in [1.82, 2.24) is 4.90 Å². The molecule has 0 rings (SSSR count). The zero-order valence-corrected chi connectivity index (χ0v) is 9.71. The number of amides is 2. The molecular weight excluding hydrogens is 269 g/mol. The molecule has 0 aromatic carbocycles. The van der Waals surface area contributed by atoms with Gasteiger partial charge in [0.25, 0.3) is 0 Å². The Morgan fingerprint density at radius 1 is 1.11 bits per heavy atom. The van der Waals surface area contributed by atoms with Crippen LogP contribution in [0, 0.1) is 0 Å². The summed E-state index contributed by atoms with van der Waals surface area (Å²) in [5.41, 5.74) is 16.0. The van der Waals surface area contributed by atoms with E-state index in [-0.39, 0.29) is 0 Å². The normalized spacial score (nSPS) is 10.4. The first kappa shape index (κ1) is 16.1. The zero-order valence-electron chi connectivity index (χ0n) is 8.82. The third-order valence-electron chi connectivity index (χ3n) is 1.41. The van der Waals surface area contributed by atoms with Gasteiger partial charge in [0.05, 0.1) is 13.1 Å². The van der Waals surface area contributed by atoms with Crippen LogP contribution in [0.3, 0.4) is 0 Å². The van der Waals surface area contributed by atoms with Crippen LogP contribution in [0.2, 0.25) is 0 Å². The maximum absolute atomic E-state index is 10.9. The van der Waals surface area contributed by atoms with Gasteiger partial charge in [0.15, 0.2) is 0 Å². The molecule has 0 aromatic rings. The molecule has 2 amide bonds. The molecule has 0 aliphatic heterocycles. The summed E-state index contributed by atoms with van der Waals surface area (Å²) in [6.45, 7) is -1.36. The molecule has 0 aliphatic rings. The summed E-state index contributed by atoms with van der Waals surface area (Å²) in [6, 6.07) is 0. The van der Waals surface area contributed by atoms with E-state index in [1.165, 1.54) is 0 Å². The van der Waals surface area contributed by atoms with Gasteiger partial charge in [-0.05, 0) is 21.3 Å². The van der Waals surface area contributed by atoms with Crippen LogP contribution >= 0.6 is 7.60 Å². The number of rotatable bonds is 6. The SMILES string of the molecule is [N-]=[N+]=NC(=O)CN(CC(=O)N=[N+]=[N-])CP(=O)(O)O. The molecule has 0 saturated heterocycles. The van der Waals surface area contributed by atoms with Crippen molar-refractivity contribution < 1.29 is 23.9 Å². The lowest BCUT2D eigenvalue weighted by atomic mass is 10.5. The van der Waals surface area contributed by atoms with Crippen LogP contribution < -0.4 is 0 Å². The highest BCUT2D eigenvalue weighted by atomic mass is 31.2. The van der Waals surface area contributed by atoms with Gasteiger partial charge in [-0.3, -0.25) is 19.1 Å². The highest BCUT2D eigenvalue weighted by Crippen LogP contribution is 2.34. The van der Waals surface area contributed by atoms with Gasteiger partial charge in [-0.1, -0.05) is 0 Å². The lowest BCUT2D eigenvalue weighted by molar-refractivity contribution is -0.121. The van der Waals surface area contributed by atoms with Crippen molar-refractivity contribution in [2.45, 2.75) is 0 Å². The minimum absolute atomic E-state index is 0.679. The molecule has 0 radical (unpaired) electrons. The molecule has 0 fully saturated rings. The van der Waals surface area contributed by atoms with Crippen LogP contribution in [0.25, 0.3) is 20.9 Å². The molecule has 0 spiro atoms. The fraction of sp³-hybridized carbons (Fsp3) is 0.600. The Balaban J connectivity index is 4.76. The van der Waals surface area contributed by atoms with Crippen molar-refractivity contribution in [2.24, 2.45) is 10.2 Å². The van der Waals surface area contributed by atoms with E-state index in [1.807, 2.05) is 0 Å². The summed E-state index contributed by atoms with van der Waals surface area (Å²) in [6.07, 6.45) is -0.910. The van der Waals surface area contributed by atoms with Crippen molar-refractivity contribution in [1.29, 1.82) is 0 Å². The van der Waals surface area contributed by atoms with Crippen LogP contribution in [-0.4, -0.2) is 45.9 Å². The minimum atomic E-state index is -4.52. The van der Waals surface area contributed by atoms with Crippen molar-refractivity contribution in [2.75, 3.05) is 19.4 Å². The Kier molecular flexibility index (Phi) is 6.61. The number of nitrogens with zero attached hydrogens (tertiary/aromatic N) is 7. The van der Waals surface area contributed by atoms with E-state index < -0.39 is 38.8 Å². The molecule has 98 valence electrons. The summed E-state index contributed by atoms with van der Waals surface area (Å²) in [5, 5.41) is 5.36. The van der Waals surface area contributed by atoms with Crippen LogP contribution in [0.5, 0.6) is 0 Å². The first-order chi connectivity index (χ1) is 8.28. The quantitative estimate of drug-likeness (QED) is 0.299. The molecule has 13 heteroatoms. The molecule has 0 atom stereocenters. The standard InChI is InChI=1S/C5H8N7O5P/c6-10-8-4(13)1-12(3-18(15,16)17)2-5(14)9-11-7/h1-3H2,(H2,15,16,17). The number of hydrogen-bond donors (Lipinski definition) is 2. The largest absolute Gasteiger partial charge is 0.339 e. The summed E-state index contributed by atoms with van der Waals surface area (Å²) >= 11 is 0. The van der Waals surface area contributed by atoms with Crippen LogP contribution in [0.4, 0.5) is 0 Å². The Morgan fingerprint density at radius 2 is 1.50 bits per heavy atom. The van der Waals surface area contributed by atoms with Crippen LogP contribution in [0.1, 0.15) is 0 Å². The topological polar surface area (TPSA) is 192 Å². The van der Waals surface area contributed by atoms with Gasteiger partial charge >= 0.3 is 7.60 Å². The van der Waals surface area contributed by atoms with E-state index in [9.17, 15) is 14.2 Å². The van der Waals surface area contributed by atoms with E-state index >= 15 is 0 Å². The molecule has 0 bridgehead atoms. The van der Waals surface area contributed by atoms with Crippen molar-refractivity contribution >= 4 is 19.4 Å². The summed E-state index contributed by atoms with van der Waals surface area (Å²) in [7, 11) is -4.52. The van der Waals surface area contributed by atoms with Gasteiger partial charge in [-0.25, -0.2) is 0 Å². The van der Waals surface area contributed by atoms with Crippen LogP contribution in [0.15, 0.2) is 10.2 Å². The third-order valence-corrected chi connectivity index (χ3v) is 2.18. The lowest BCUT2D eigenvalue weighted by Crippen LogP contribution is -2.34. The number of carbonyl (C=O) groups excluding carboxylic acids is 2. The van der Waals surface area contributed by atoms with E-state index in [1.54, 1.807) is 0 Å². The Bertz CT molecular complexity index is 441. The Labute approximate surface area is 99.6 Å². The van der Waals surface area contributed by atoms with Gasteiger partial charge in [0.2, 0.25) is 11.8 Å². The Morgan fingerprint density at radius 3 is 1.78 bits per heavy atom. The molecule has 0 unspecified atom stereocenters. The molecule has 0 aliphatic carbocycles. The van der Waals surface area contributed by atoms with E-state index in [0.717, 1.165) is 4.90 Å². The minimum Gasteiger partial charge on any atom is -0.324 e. The molecular formula is C5H8N7O5P. The lowest BCUT2D eigenvalue weighted by Gasteiger charge is -2.19. The Hall–Kier alpha value is -1.93. The number of hydrogen-bond acceptors (Lipinski definition) is 4. The maximum Gasteiger partial charge on any atom is 0.339 e. The smallest absolute Gasteiger partial charge is 0.324 e. The summed E-state index contributed by atoms with van der Waals surface area (Å²) in [5.74, 6) is -2.06. The second-order valence-electron chi connectivity index (χ2n) is 2.96. The first-order valence-corrected chi connectivity index (χ1v) is 6.01. The molecule has 0 aromatic heterocycles. The predicted molar refractivity (Wildman–Crippen MR) is 56.8 cm³/mol. The second kappa shape index (κ2) is 7.41. The van der Waals surface area contributed by atoms with Crippen LogP contribution in [-0.2, 0) is 14.2 Å². The average Bonchev–Trinajstić information content (AvgIpc) is 2.14. The van der Waals surface area contributed by atoms with Crippen molar-refractivity contribution in [3.63, 3.8) is 0 Å².